The molecule has 4 rings (SSSR count). The number of thioether (sulfide) groups is 1. The molecule has 1 aliphatic carbocycles. The molecule has 1 N–H and O–H groups in total. The highest BCUT2D eigenvalue weighted by Crippen LogP contribution is 2.30. The van der Waals surface area contributed by atoms with Gasteiger partial charge in [0.2, 0.25) is 5.91 Å². The van der Waals surface area contributed by atoms with E-state index in [1.165, 1.54) is 11.8 Å². The lowest BCUT2D eigenvalue weighted by molar-refractivity contribution is -0.119. The predicted octanol–water partition coefficient (Wildman–Crippen LogP) is 4.69. The number of nitrogens with zero attached hydrogens (tertiary/aromatic N) is 4. The molecule has 1 fully saturated rings. The molecule has 158 valence electrons. The smallest absolute Gasteiger partial charge is 0.231 e. The summed E-state index contributed by atoms with van der Waals surface area (Å²) in [6, 6.07) is 19.8. The highest BCUT2D eigenvalue weighted by Gasteiger charge is 2.35. The first-order chi connectivity index (χ1) is 15.1. The Labute approximate surface area is 190 Å². The summed E-state index contributed by atoms with van der Waals surface area (Å²) in [5, 5.41) is 22.5. The molecule has 0 saturated heterocycles. The van der Waals surface area contributed by atoms with Crippen LogP contribution in [0.15, 0.2) is 59.8 Å². The number of nitriles is 1. The predicted molar refractivity (Wildman–Crippen MR) is 122 cm³/mol. The van der Waals surface area contributed by atoms with Gasteiger partial charge in [0.1, 0.15) is 5.54 Å². The van der Waals surface area contributed by atoms with Crippen molar-refractivity contribution in [3.05, 3.63) is 65.2 Å². The van der Waals surface area contributed by atoms with E-state index in [9.17, 15) is 10.1 Å². The van der Waals surface area contributed by atoms with E-state index >= 15 is 0 Å². The Balaban J connectivity index is 1.54. The maximum atomic E-state index is 12.6. The number of hydrogen-bond acceptors (Lipinski definition) is 5. The van der Waals surface area contributed by atoms with E-state index in [-0.39, 0.29) is 11.7 Å². The van der Waals surface area contributed by atoms with Crippen LogP contribution in [-0.4, -0.2) is 32.0 Å². The second-order valence-electron chi connectivity index (χ2n) is 7.62. The van der Waals surface area contributed by atoms with Gasteiger partial charge in [0, 0.05) is 10.6 Å². The van der Waals surface area contributed by atoms with Gasteiger partial charge < -0.3 is 5.32 Å². The van der Waals surface area contributed by atoms with Crippen molar-refractivity contribution in [3.8, 4) is 17.5 Å². The molecule has 1 aromatic heterocycles. The van der Waals surface area contributed by atoms with Crippen molar-refractivity contribution in [1.82, 2.24) is 20.1 Å². The summed E-state index contributed by atoms with van der Waals surface area (Å²) < 4.78 is 2.01. The highest BCUT2D eigenvalue weighted by molar-refractivity contribution is 7.99. The fourth-order valence-electron chi connectivity index (χ4n) is 3.79. The molecule has 6 nitrogen and oxygen atoms in total. The van der Waals surface area contributed by atoms with Crippen LogP contribution in [0.2, 0.25) is 5.02 Å². The Morgan fingerprint density at radius 3 is 2.52 bits per heavy atom. The van der Waals surface area contributed by atoms with Crippen molar-refractivity contribution in [3.63, 3.8) is 0 Å². The molecule has 1 aliphatic rings. The first-order valence-electron chi connectivity index (χ1n) is 10.2. The summed E-state index contributed by atoms with van der Waals surface area (Å²) in [4.78, 5) is 12.6. The van der Waals surface area contributed by atoms with Gasteiger partial charge >= 0.3 is 0 Å². The second kappa shape index (κ2) is 9.54. The van der Waals surface area contributed by atoms with Crippen LogP contribution in [0, 0.1) is 11.3 Å². The minimum absolute atomic E-state index is 0.157. The van der Waals surface area contributed by atoms with Crippen LogP contribution in [-0.2, 0) is 11.3 Å². The average molecular weight is 452 g/mol. The summed E-state index contributed by atoms with van der Waals surface area (Å²) in [7, 11) is 0. The number of halogens is 1. The van der Waals surface area contributed by atoms with Crippen LogP contribution in [0.1, 0.15) is 31.2 Å². The van der Waals surface area contributed by atoms with Crippen LogP contribution in [0.25, 0.3) is 11.4 Å². The Hall–Kier alpha value is -2.82. The van der Waals surface area contributed by atoms with Crippen LogP contribution in [0.3, 0.4) is 0 Å². The molecule has 1 heterocycles. The van der Waals surface area contributed by atoms with Crippen LogP contribution >= 0.6 is 23.4 Å². The molecule has 0 unspecified atom stereocenters. The number of carbonyl (C=O) groups excluding carboxylic acids is 1. The standard InChI is InChI=1S/C23H22ClN5OS/c24-19-10-8-18(9-11-19)21-27-28-22(29(21)14-17-6-2-1-3-7-17)31-15-20(30)26-23(16-25)12-4-5-13-23/h1-3,6-11H,4-5,12-15H2,(H,26,30). The number of nitrogens with one attached hydrogen (secondary N) is 1. The quantitative estimate of drug-likeness (QED) is 0.527. The van der Waals surface area contributed by atoms with Crippen molar-refractivity contribution in [2.75, 3.05) is 5.75 Å². The van der Waals surface area contributed by atoms with Gasteiger partial charge in [-0.3, -0.25) is 9.36 Å². The van der Waals surface area contributed by atoms with Gasteiger partial charge in [-0.05, 0) is 55.5 Å². The molecule has 1 amide bonds. The lowest BCUT2D eigenvalue weighted by Gasteiger charge is -2.21. The molecule has 0 atom stereocenters. The number of amides is 1. The zero-order valence-electron chi connectivity index (χ0n) is 16.9. The third-order valence-electron chi connectivity index (χ3n) is 5.38. The van der Waals surface area contributed by atoms with Crippen LogP contribution in [0.4, 0.5) is 0 Å². The summed E-state index contributed by atoms with van der Waals surface area (Å²) in [6.45, 7) is 0.581. The number of carbonyl (C=O) groups is 1. The van der Waals surface area contributed by atoms with Crippen LogP contribution < -0.4 is 5.32 Å². The van der Waals surface area contributed by atoms with Crippen molar-refractivity contribution < 1.29 is 4.79 Å². The normalized spacial score (nSPS) is 14.8. The van der Waals surface area contributed by atoms with Crippen molar-refractivity contribution in [2.45, 2.75) is 42.9 Å². The van der Waals surface area contributed by atoms with Gasteiger partial charge in [-0.15, -0.1) is 10.2 Å². The van der Waals surface area contributed by atoms with E-state index in [0.717, 1.165) is 24.0 Å². The van der Waals surface area contributed by atoms with Crippen LogP contribution in [0.5, 0.6) is 0 Å². The largest absolute Gasteiger partial charge is 0.337 e. The summed E-state index contributed by atoms with van der Waals surface area (Å²) in [6.07, 6.45) is 3.36. The average Bonchev–Trinajstić information content (AvgIpc) is 3.41. The third kappa shape index (κ3) is 5.09. The summed E-state index contributed by atoms with van der Waals surface area (Å²) in [5.41, 5.74) is 1.29. The lowest BCUT2D eigenvalue weighted by Crippen LogP contribution is -2.45. The molecule has 0 bridgehead atoms. The van der Waals surface area contributed by atoms with E-state index in [1.807, 2.05) is 59.2 Å². The van der Waals surface area contributed by atoms with Gasteiger partial charge in [-0.2, -0.15) is 5.26 Å². The fraction of sp³-hybridized carbons (Fsp3) is 0.304. The van der Waals surface area contributed by atoms with E-state index < -0.39 is 5.54 Å². The minimum atomic E-state index is -0.718. The molecule has 0 spiro atoms. The number of hydrogen-bond donors (Lipinski definition) is 1. The SMILES string of the molecule is N#CC1(NC(=O)CSc2nnc(-c3ccc(Cl)cc3)n2Cc2ccccc2)CCCC1. The maximum Gasteiger partial charge on any atom is 0.231 e. The molecule has 8 heteroatoms. The molecule has 0 radical (unpaired) electrons. The first kappa shape index (κ1) is 21.4. The zero-order chi connectivity index (χ0) is 21.7. The molecule has 0 aliphatic heterocycles. The molecular formula is C23H22ClN5OS. The van der Waals surface area contributed by atoms with Gasteiger partial charge in [0.05, 0.1) is 18.4 Å². The monoisotopic (exact) mass is 451 g/mol. The highest BCUT2D eigenvalue weighted by atomic mass is 35.5. The van der Waals surface area contributed by atoms with Crippen molar-refractivity contribution in [1.29, 1.82) is 5.26 Å². The van der Waals surface area contributed by atoms with Gasteiger partial charge in [0.25, 0.3) is 0 Å². The Kier molecular flexibility index (Phi) is 6.59. The zero-order valence-corrected chi connectivity index (χ0v) is 18.5. The van der Waals surface area contributed by atoms with Gasteiger partial charge in [0.15, 0.2) is 11.0 Å². The van der Waals surface area contributed by atoms with E-state index in [2.05, 4.69) is 21.6 Å². The Morgan fingerprint density at radius 2 is 1.84 bits per heavy atom. The van der Waals surface area contributed by atoms with E-state index in [0.29, 0.717) is 35.4 Å². The Bertz CT molecular complexity index is 1090. The van der Waals surface area contributed by atoms with Crippen molar-refractivity contribution in [2.24, 2.45) is 0 Å². The topological polar surface area (TPSA) is 83.6 Å². The Morgan fingerprint density at radius 1 is 1.13 bits per heavy atom. The molecule has 3 aromatic rings. The second-order valence-corrected chi connectivity index (χ2v) is 9.00. The van der Waals surface area contributed by atoms with Crippen molar-refractivity contribution >= 4 is 29.3 Å². The number of benzene rings is 2. The molecular weight excluding hydrogens is 430 g/mol. The van der Waals surface area contributed by atoms with E-state index in [4.69, 9.17) is 11.6 Å². The van der Waals surface area contributed by atoms with Gasteiger partial charge in [-0.25, -0.2) is 0 Å². The molecule has 31 heavy (non-hydrogen) atoms. The number of rotatable bonds is 7. The maximum absolute atomic E-state index is 12.6. The summed E-state index contributed by atoms with van der Waals surface area (Å²) in [5.74, 6) is 0.736. The molecule has 2 aromatic carbocycles. The first-order valence-corrected chi connectivity index (χ1v) is 11.5. The summed E-state index contributed by atoms with van der Waals surface area (Å²) >= 11 is 7.36. The third-order valence-corrected chi connectivity index (χ3v) is 6.60. The minimum Gasteiger partial charge on any atom is -0.337 e. The van der Waals surface area contributed by atoms with E-state index in [1.54, 1.807) is 0 Å². The number of aromatic nitrogens is 3. The van der Waals surface area contributed by atoms with Gasteiger partial charge in [-0.1, -0.05) is 53.7 Å². The fourth-order valence-corrected chi connectivity index (χ4v) is 4.66. The lowest BCUT2D eigenvalue weighted by atomic mass is 10.0. The molecule has 1 saturated carbocycles.